The van der Waals surface area contributed by atoms with Crippen LogP contribution in [0.3, 0.4) is 0 Å². The normalized spacial score (nSPS) is 11.2. The van der Waals surface area contributed by atoms with Crippen molar-refractivity contribution >= 4 is 39.6 Å². The highest BCUT2D eigenvalue weighted by Crippen LogP contribution is 2.31. The summed E-state index contributed by atoms with van der Waals surface area (Å²) in [7, 11) is 0. The molecule has 1 N–H and O–H groups in total. The van der Waals surface area contributed by atoms with Gasteiger partial charge in [0.2, 0.25) is 5.13 Å². The Kier molecular flexibility index (Phi) is 5.86. The van der Waals surface area contributed by atoms with Gasteiger partial charge in [0.25, 0.3) is 0 Å². The summed E-state index contributed by atoms with van der Waals surface area (Å²) in [4.78, 5) is 4.74. The first-order chi connectivity index (χ1) is 11.6. The third kappa shape index (κ3) is 4.55. The maximum atomic E-state index is 4.74. The molecule has 0 radical (unpaired) electrons. The first kappa shape index (κ1) is 17.4. The number of benzene rings is 1. The van der Waals surface area contributed by atoms with Crippen molar-refractivity contribution in [2.75, 3.05) is 5.32 Å². The molecule has 0 bridgehead atoms. The van der Waals surface area contributed by atoms with Crippen molar-refractivity contribution in [2.24, 2.45) is 0 Å². The number of rotatable bonds is 7. The van der Waals surface area contributed by atoms with E-state index in [1.807, 2.05) is 0 Å². The highest BCUT2D eigenvalue weighted by molar-refractivity contribution is 8.00. The van der Waals surface area contributed by atoms with Crippen LogP contribution in [0.25, 0.3) is 10.6 Å². The molecule has 0 fully saturated rings. The zero-order chi connectivity index (χ0) is 16.9. The molecule has 1 aromatic carbocycles. The van der Waals surface area contributed by atoms with Crippen molar-refractivity contribution in [3.05, 3.63) is 40.9 Å². The lowest BCUT2D eigenvalue weighted by molar-refractivity contribution is 0.883. The molecule has 0 amide bonds. The third-order valence-corrected chi connectivity index (χ3v) is 6.28. The number of nitrogens with zero attached hydrogens (tertiary/aromatic N) is 3. The summed E-state index contributed by atoms with van der Waals surface area (Å²) in [6.07, 6.45) is 1.07. The topological polar surface area (TPSA) is 50.7 Å². The smallest absolute Gasteiger partial charge is 0.206 e. The Morgan fingerprint density at radius 1 is 1.17 bits per heavy atom. The molecule has 2 aromatic heterocycles. The van der Waals surface area contributed by atoms with Crippen LogP contribution < -0.4 is 5.32 Å². The molecule has 2 heterocycles. The number of aromatic nitrogens is 3. The van der Waals surface area contributed by atoms with E-state index < -0.39 is 0 Å². The van der Waals surface area contributed by atoms with Gasteiger partial charge in [0.15, 0.2) is 4.34 Å². The Hall–Kier alpha value is -1.44. The van der Waals surface area contributed by atoms with Crippen LogP contribution in [-0.4, -0.2) is 21.2 Å². The molecule has 0 unspecified atom stereocenters. The predicted molar refractivity (Wildman–Crippen MR) is 105 cm³/mol. The Balaban J connectivity index is 1.60. The molecule has 0 aliphatic rings. The van der Waals surface area contributed by atoms with Crippen LogP contribution in [0, 0.1) is 0 Å². The monoisotopic (exact) mass is 376 g/mol. The van der Waals surface area contributed by atoms with Gasteiger partial charge in [0, 0.05) is 22.7 Å². The summed E-state index contributed by atoms with van der Waals surface area (Å²) in [6.45, 7) is 6.36. The largest absolute Gasteiger partial charge is 0.358 e. The van der Waals surface area contributed by atoms with Gasteiger partial charge in [0.05, 0.1) is 5.69 Å². The van der Waals surface area contributed by atoms with Crippen molar-refractivity contribution in [3.8, 4) is 10.6 Å². The van der Waals surface area contributed by atoms with Crippen LogP contribution in [0.2, 0.25) is 0 Å². The van der Waals surface area contributed by atoms with Gasteiger partial charge in [-0.1, -0.05) is 54.3 Å². The van der Waals surface area contributed by atoms with Crippen LogP contribution in [-0.2, 0) is 12.2 Å². The number of nitrogens with one attached hydrogen (secondary N) is 1. The van der Waals surface area contributed by atoms with Gasteiger partial charge in [-0.05, 0) is 25.8 Å². The molecule has 0 aliphatic heterocycles. The van der Waals surface area contributed by atoms with Crippen molar-refractivity contribution in [3.63, 3.8) is 0 Å². The average molecular weight is 377 g/mol. The fraction of sp³-hybridized carbons (Fsp3) is 0.353. The van der Waals surface area contributed by atoms with E-state index in [0.29, 0.717) is 6.04 Å². The van der Waals surface area contributed by atoms with Gasteiger partial charge in [-0.25, -0.2) is 4.98 Å². The van der Waals surface area contributed by atoms with Gasteiger partial charge < -0.3 is 5.32 Å². The fourth-order valence-electron chi connectivity index (χ4n) is 2.10. The van der Waals surface area contributed by atoms with E-state index in [1.54, 1.807) is 34.4 Å². The second kappa shape index (κ2) is 8.09. The Morgan fingerprint density at radius 2 is 1.96 bits per heavy atom. The molecular weight excluding hydrogens is 356 g/mol. The van der Waals surface area contributed by atoms with Gasteiger partial charge in [-0.2, -0.15) is 0 Å². The van der Waals surface area contributed by atoms with Gasteiger partial charge in [-0.3, -0.25) is 0 Å². The van der Waals surface area contributed by atoms with Crippen molar-refractivity contribution in [1.82, 2.24) is 15.2 Å². The summed E-state index contributed by atoms with van der Waals surface area (Å²) < 4.78 is 0.972. The third-order valence-electron chi connectivity index (χ3n) is 3.32. The van der Waals surface area contributed by atoms with E-state index in [1.165, 1.54) is 11.1 Å². The lowest BCUT2D eigenvalue weighted by Crippen LogP contribution is -2.08. The summed E-state index contributed by atoms with van der Waals surface area (Å²) in [6, 6.07) is 9.04. The van der Waals surface area contributed by atoms with Crippen LogP contribution in [0.15, 0.2) is 34.0 Å². The van der Waals surface area contributed by atoms with Crippen LogP contribution in [0.1, 0.15) is 32.0 Å². The van der Waals surface area contributed by atoms with Crippen LogP contribution in [0.4, 0.5) is 5.13 Å². The summed E-state index contributed by atoms with van der Waals surface area (Å²) in [5.74, 6) is 0.819. The number of hydrogen-bond acceptors (Lipinski definition) is 7. The first-order valence-electron chi connectivity index (χ1n) is 7.90. The van der Waals surface area contributed by atoms with E-state index in [-0.39, 0.29) is 0 Å². The minimum Gasteiger partial charge on any atom is -0.358 e. The number of thiazole rings is 1. The lowest BCUT2D eigenvalue weighted by Gasteiger charge is -2.02. The summed E-state index contributed by atoms with van der Waals surface area (Å²) >= 11 is 4.97. The van der Waals surface area contributed by atoms with E-state index in [9.17, 15) is 0 Å². The standard InChI is InChI=1S/C17H20N4S3/c1-4-12-5-7-13(8-6-12)15-19-14(9-22-15)10-23-17-21-20-16(24-17)18-11(2)3/h5-9,11H,4,10H2,1-3H3,(H,18,20). The number of aryl methyl sites for hydroxylation is 1. The molecule has 24 heavy (non-hydrogen) atoms. The number of hydrogen-bond donors (Lipinski definition) is 1. The molecule has 0 saturated heterocycles. The highest BCUT2D eigenvalue weighted by atomic mass is 32.2. The van der Waals surface area contributed by atoms with E-state index in [0.717, 1.165) is 32.3 Å². The number of thioether (sulfide) groups is 1. The molecule has 3 rings (SSSR count). The van der Waals surface area contributed by atoms with Crippen molar-refractivity contribution in [2.45, 2.75) is 43.3 Å². The quantitative estimate of drug-likeness (QED) is 0.564. The Bertz CT molecular complexity index is 777. The molecular formula is C17H20N4S3. The molecule has 126 valence electrons. The molecule has 0 aliphatic carbocycles. The van der Waals surface area contributed by atoms with E-state index >= 15 is 0 Å². The molecule has 7 heteroatoms. The van der Waals surface area contributed by atoms with Crippen LogP contribution in [0.5, 0.6) is 0 Å². The number of anilines is 1. The molecule has 0 spiro atoms. The lowest BCUT2D eigenvalue weighted by atomic mass is 10.1. The van der Waals surface area contributed by atoms with Crippen molar-refractivity contribution in [1.29, 1.82) is 0 Å². The summed E-state index contributed by atoms with van der Waals surface area (Å²) in [5.41, 5.74) is 3.63. The summed E-state index contributed by atoms with van der Waals surface area (Å²) in [5, 5.41) is 15.7. The van der Waals surface area contributed by atoms with E-state index in [4.69, 9.17) is 4.98 Å². The second-order valence-corrected chi connectivity index (χ2v) is 8.71. The Labute approximate surface area is 154 Å². The maximum absolute atomic E-state index is 4.74. The predicted octanol–water partition coefficient (Wildman–Crippen LogP) is 5.34. The Morgan fingerprint density at radius 3 is 2.67 bits per heavy atom. The highest BCUT2D eigenvalue weighted by Gasteiger charge is 2.09. The SMILES string of the molecule is CCc1ccc(-c2nc(CSc3nnc(NC(C)C)s3)cs2)cc1. The van der Waals surface area contributed by atoms with Gasteiger partial charge >= 0.3 is 0 Å². The minimum atomic E-state index is 0.371. The minimum absolute atomic E-state index is 0.371. The van der Waals surface area contributed by atoms with Gasteiger partial charge in [-0.15, -0.1) is 21.5 Å². The zero-order valence-electron chi connectivity index (χ0n) is 13.9. The zero-order valence-corrected chi connectivity index (χ0v) is 16.4. The van der Waals surface area contributed by atoms with Crippen molar-refractivity contribution < 1.29 is 0 Å². The molecule has 0 atom stereocenters. The molecule has 4 nitrogen and oxygen atoms in total. The average Bonchev–Trinajstić information content (AvgIpc) is 3.22. The fourth-order valence-corrected chi connectivity index (χ4v) is 4.82. The first-order valence-corrected chi connectivity index (χ1v) is 10.6. The molecule has 3 aromatic rings. The molecule has 0 saturated carbocycles. The maximum Gasteiger partial charge on any atom is 0.206 e. The van der Waals surface area contributed by atoms with Crippen LogP contribution >= 0.6 is 34.4 Å². The van der Waals surface area contributed by atoms with Gasteiger partial charge in [0.1, 0.15) is 5.01 Å². The van der Waals surface area contributed by atoms with E-state index in [2.05, 4.69) is 65.9 Å². The second-order valence-electron chi connectivity index (χ2n) is 5.66.